The Morgan fingerprint density at radius 2 is 1.49 bits per heavy atom. The van der Waals surface area contributed by atoms with Crippen molar-refractivity contribution in [2.24, 2.45) is 35.0 Å². The highest BCUT2D eigenvalue weighted by atomic mass is 19.1. The number of amides is 1. The fraction of sp³-hybridized carbons (Fsp3) is 0.867. The van der Waals surface area contributed by atoms with Crippen molar-refractivity contribution in [2.75, 3.05) is 26.2 Å². The second kappa shape index (κ2) is 9.82. The number of ketones is 1. The van der Waals surface area contributed by atoms with E-state index in [4.69, 9.17) is 0 Å². The van der Waals surface area contributed by atoms with E-state index in [1.165, 1.54) is 57.1 Å². The summed E-state index contributed by atoms with van der Waals surface area (Å²) in [5.74, 6) is 3.36. The molecule has 1 amide bonds. The number of halogens is 1. The second-order valence-corrected chi connectivity index (χ2v) is 13.4. The highest BCUT2D eigenvalue weighted by Crippen LogP contribution is 2.48. The quantitative estimate of drug-likeness (QED) is 0.433. The molecule has 2 atom stereocenters. The standard InChI is InChI=1S/C30H47FN2O2/c1-21(32-13-15-33(16-14-32)28(35)29(2)11-12-29)23-7-9-24(10-8-23)25-6-4-5-22(17-25)18-27(34)26-19-30(3,31)20-26/h22-26H,1,4-20H2,2-3H3. The number of alkyl halides is 1. The molecular formula is C30H47FN2O2. The zero-order valence-corrected chi connectivity index (χ0v) is 22.2. The van der Waals surface area contributed by atoms with E-state index in [0.29, 0.717) is 42.8 Å². The molecule has 196 valence electrons. The fourth-order valence-corrected chi connectivity index (χ4v) is 7.75. The molecule has 5 rings (SSSR count). The van der Waals surface area contributed by atoms with E-state index in [0.717, 1.165) is 50.9 Å². The molecule has 1 heterocycles. The Morgan fingerprint density at radius 1 is 0.857 bits per heavy atom. The lowest BCUT2D eigenvalue weighted by Gasteiger charge is -2.43. The molecule has 0 spiro atoms. The number of rotatable bonds is 7. The highest BCUT2D eigenvalue weighted by Gasteiger charge is 2.48. The minimum atomic E-state index is -1.10. The molecule has 2 unspecified atom stereocenters. The summed E-state index contributed by atoms with van der Waals surface area (Å²) >= 11 is 0. The zero-order valence-electron chi connectivity index (χ0n) is 22.2. The summed E-state index contributed by atoms with van der Waals surface area (Å²) in [6.45, 7) is 11.8. The first-order valence-electron chi connectivity index (χ1n) is 14.6. The first-order valence-corrected chi connectivity index (χ1v) is 14.6. The normalized spacial score (nSPS) is 39.0. The lowest BCUT2D eigenvalue weighted by Crippen LogP contribution is -2.50. The molecule has 1 aliphatic heterocycles. The van der Waals surface area contributed by atoms with E-state index in [1.54, 1.807) is 6.92 Å². The number of hydrogen-bond donors (Lipinski definition) is 0. The molecule has 0 bridgehead atoms. The van der Waals surface area contributed by atoms with E-state index in [1.807, 2.05) is 0 Å². The lowest BCUT2D eigenvalue weighted by atomic mass is 9.66. The Kier molecular flexibility index (Phi) is 7.09. The Morgan fingerprint density at radius 3 is 2.09 bits per heavy atom. The average Bonchev–Trinajstić information content (AvgIpc) is 3.60. The van der Waals surface area contributed by atoms with Gasteiger partial charge in [0.1, 0.15) is 11.5 Å². The van der Waals surface area contributed by atoms with Crippen LogP contribution in [0.2, 0.25) is 0 Å². The SMILES string of the molecule is C=C(C1CCC(C2CCCC(CC(=O)C3CC(C)(F)C3)C2)CC1)N1CCN(C(=O)C2(C)CC2)CC1. The van der Waals surface area contributed by atoms with Gasteiger partial charge in [0.2, 0.25) is 5.91 Å². The largest absolute Gasteiger partial charge is 0.372 e. The van der Waals surface area contributed by atoms with Crippen molar-refractivity contribution in [1.29, 1.82) is 0 Å². The van der Waals surface area contributed by atoms with Gasteiger partial charge in [-0.2, -0.15) is 0 Å². The van der Waals surface area contributed by atoms with Crippen LogP contribution in [-0.4, -0.2) is 53.3 Å². The van der Waals surface area contributed by atoms with Crippen LogP contribution >= 0.6 is 0 Å². The molecule has 4 aliphatic carbocycles. The van der Waals surface area contributed by atoms with Crippen molar-refractivity contribution >= 4 is 11.7 Å². The van der Waals surface area contributed by atoms with Crippen LogP contribution in [0, 0.1) is 35.0 Å². The highest BCUT2D eigenvalue weighted by molar-refractivity contribution is 5.85. The van der Waals surface area contributed by atoms with Crippen LogP contribution in [0.5, 0.6) is 0 Å². The molecule has 5 heteroatoms. The van der Waals surface area contributed by atoms with E-state index < -0.39 is 5.67 Å². The molecule has 4 saturated carbocycles. The van der Waals surface area contributed by atoms with Gasteiger partial charge in [-0.15, -0.1) is 0 Å². The second-order valence-electron chi connectivity index (χ2n) is 13.4. The van der Waals surface area contributed by atoms with Crippen molar-refractivity contribution < 1.29 is 14.0 Å². The van der Waals surface area contributed by atoms with Crippen molar-refractivity contribution in [3.63, 3.8) is 0 Å². The van der Waals surface area contributed by atoms with Crippen molar-refractivity contribution in [2.45, 2.75) is 103 Å². The Bertz CT molecular complexity index is 810. The average molecular weight is 487 g/mol. The van der Waals surface area contributed by atoms with Crippen molar-refractivity contribution in [3.8, 4) is 0 Å². The smallest absolute Gasteiger partial charge is 0.228 e. The summed E-state index contributed by atoms with van der Waals surface area (Å²) in [7, 11) is 0. The van der Waals surface area contributed by atoms with E-state index in [9.17, 15) is 14.0 Å². The van der Waals surface area contributed by atoms with Gasteiger partial charge in [-0.1, -0.05) is 32.8 Å². The van der Waals surface area contributed by atoms with E-state index in [2.05, 4.69) is 23.3 Å². The third kappa shape index (κ3) is 5.64. The number of Topliss-reactive ketones (excluding diaryl/α,β-unsaturated/α-hetero) is 1. The summed E-state index contributed by atoms with van der Waals surface area (Å²) in [4.78, 5) is 29.8. The number of allylic oxidation sites excluding steroid dienone is 1. The Labute approximate surface area is 212 Å². The maximum atomic E-state index is 13.8. The molecule has 0 aromatic heterocycles. The van der Waals surface area contributed by atoms with Gasteiger partial charge in [-0.05, 0) is 88.4 Å². The maximum Gasteiger partial charge on any atom is 0.228 e. The van der Waals surface area contributed by atoms with Crippen LogP contribution in [0.25, 0.3) is 0 Å². The summed E-state index contributed by atoms with van der Waals surface area (Å²) in [6.07, 6.45) is 13.7. The molecule has 35 heavy (non-hydrogen) atoms. The fourth-order valence-electron chi connectivity index (χ4n) is 7.75. The van der Waals surface area contributed by atoms with Crippen molar-refractivity contribution in [1.82, 2.24) is 9.80 Å². The van der Waals surface area contributed by atoms with E-state index in [-0.39, 0.29) is 11.3 Å². The molecule has 5 fully saturated rings. The predicted molar refractivity (Wildman–Crippen MR) is 137 cm³/mol. The molecule has 0 N–H and O–H groups in total. The number of carbonyl (C=O) groups excluding carboxylic acids is 2. The Balaban J connectivity index is 1.04. The third-order valence-electron chi connectivity index (χ3n) is 10.5. The summed E-state index contributed by atoms with van der Waals surface area (Å²) in [5, 5.41) is 0. The minimum absolute atomic E-state index is 0.0105. The van der Waals surface area contributed by atoms with Gasteiger partial charge < -0.3 is 9.80 Å². The van der Waals surface area contributed by atoms with Crippen LogP contribution in [0.4, 0.5) is 4.39 Å². The number of carbonyl (C=O) groups is 2. The Hall–Kier alpha value is -1.39. The summed E-state index contributed by atoms with van der Waals surface area (Å²) in [5.41, 5.74) is 0.147. The third-order valence-corrected chi connectivity index (χ3v) is 10.5. The first kappa shape index (κ1) is 25.3. The van der Waals surface area contributed by atoms with Crippen molar-refractivity contribution in [3.05, 3.63) is 12.3 Å². The summed E-state index contributed by atoms with van der Waals surface area (Å²) in [6, 6.07) is 0. The molecule has 4 nitrogen and oxygen atoms in total. The van der Waals surface area contributed by atoms with E-state index >= 15 is 0 Å². The van der Waals surface area contributed by atoms with Gasteiger partial charge in [0.25, 0.3) is 0 Å². The monoisotopic (exact) mass is 486 g/mol. The summed E-state index contributed by atoms with van der Waals surface area (Å²) < 4.78 is 13.8. The maximum absolute atomic E-state index is 13.8. The minimum Gasteiger partial charge on any atom is -0.372 e. The topological polar surface area (TPSA) is 40.6 Å². The molecular weight excluding hydrogens is 439 g/mol. The predicted octanol–water partition coefficient (Wildman–Crippen LogP) is 6.15. The molecule has 0 radical (unpaired) electrons. The number of piperazine rings is 1. The van der Waals surface area contributed by atoms with Gasteiger partial charge in [0.15, 0.2) is 0 Å². The zero-order chi connectivity index (χ0) is 24.8. The number of nitrogens with zero attached hydrogens (tertiary/aromatic N) is 2. The molecule has 5 aliphatic rings. The van der Waals surface area contributed by atoms with Gasteiger partial charge in [0, 0.05) is 49.6 Å². The van der Waals surface area contributed by atoms with Crippen LogP contribution < -0.4 is 0 Å². The van der Waals surface area contributed by atoms with Gasteiger partial charge in [-0.25, -0.2) is 4.39 Å². The van der Waals surface area contributed by atoms with Crippen LogP contribution in [-0.2, 0) is 9.59 Å². The first-order chi connectivity index (χ1) is 16.6. The van der Waals surface area contributed by atoms with Gasteiger partial charge >= 0.3 is 0 Å². The van der Waals surface area contributed by atoms with Gasteiger partial charge in [0.05, 0.1) is 0 Å². The van der Waals surface area contributed by atoms with Crippen LogP contribution in [0.15, 0.2) is 12.3 Å². The lowest BCUT2D eigenvalue weighted by molar-refractivity contribution is -0.138. The molecule has 0 aromatic carbocycles. The van der Waals surface area contributed by atoms with Crippen LogP contribution in [0.3, 0.4) is 0 Å². The molecule has 0 aromatic rings. The van der Waals surface area contributed by atoms with Crippen LogP contribution in [0.1, 0.15) is 97.3 Å². The number of hydrogen-bond acceptors (Lipinski definition) is 3. The van der Waals surface area contributed by atoms with Gasteiger partial charge in [-0.3, -0.25) is 9.59 Å². The molecule has 1 saturated heterocycles.